The van der Waals surface area contributed by atoms with Gasteiger partial charge in [-0.15, -0.1) is 0 Å². The Kier molecular flexibility index (Phi) is 11.7. The average molecular weight is 772 g/mol. The van der Waals surface area contributed by atoms with Crippen LogP contribution in [0.5, 0.6) is 0 Å². The van der Waals surface area contributed by atoms with Crippen LogP contribution in [0.1, 0.15) is 25.0 Å². The summed E-state index contributed by atoms with van der Waals surface area (Å²) in [6, 6.07) is 25.3. The number of aliphatic hydroxyl groups is 1. The van der Waals surface area contributed by atoms with Crippen LogP contribution in [-0.2, 0) is 60.1 Å². The lowest BCUT2D eigenvalue weighted by atomic mass is 10.2. The van der Waals surface area contributed by atoms with E-state index in [-0.39, 0.29) is 0 Å². The zero-order valence-electron chi connectivity index (χ0n) is 27.0. The second kappa shape index (κ2) is 16.5. The minimum Gasteiger partial charge on any atom is -0.366 e. The van der Waals surface area contributed by atoms with E-state index in [0.717, 1.165) is 17.1 Å². The van der Waals surface area contributed by atoms with Gasteiger partial charge in [0.05, 0.1) is 42.0 Å². The van der Waals surface area contributed by atoms with Crippen molar-refractivity contribution in [2.45, 2.75) is 38.0 Å². The molecule has 9 nitrogen and oxygen atoms in total. The van der Waals surface area contributed by atoms with E-state index < -0.39 is 53.2 Å². The van der Waals surface area contributed by atoms with Crippen LogP contribution < -0.4 is 0 Å². The summed E-state index contributed by atoms with van der Waals surface area (Å²) >= 11 is 24.6. The highest BCUT2D eigenvalue weighted by Gasteiger charge is 2.65. The molecule has 15 heteroatoms. The van der Waals surface area contributed by atoms with Crippen molar-refractivity contribution in [1.82, 2.24) is 9.55 Å². The van der Waals surface area contributed by atoms with Crippen molar-refractivity contribution in [3.8, 4) is 0 Å². The SMILES string of the molecule is [2H]C([2H])(n1ccnc1)C(O)(P(=O)(OCc1ccc(Cl)cc1)OCc1cccc(Cl)c1)P(=O)(OCc1cccc(Cl)c1)OCc1cccc(Cl)c1. The molecule has 1 N–H and O–H groups in total. The largest absolute Gasteiger partial charge is 0.377 e. The maximum atomic E-state index is 15.5. The van der Waals surface area contributed by atoms with Crippen LogP contribution >= 0.6 is 61.6 Å². The van der Waals surface area contributed by atoms with Gasteiger partial charge in [-0.3, -0.25) is 9.13 Å². The zero-order chi connectivity index (χ0) is 36.0. The highest BCUT2D eigenvalue weighted by molar-refractivity contribution is 7.73. The molecule has 0 bridgehead atoms. The number of halogens is 4. The molecule has 0 aliphatic heterocycles. The van der Waals surface area contributed by atoms with E-state index in [2.05, 4.69) is 4.98 Å². The molecule has 0 fully saturated rings. The molecule has 5 aromatic rings. The molecular formula is C33H30Cl4N2O7P2. The minimum absolute atomic E-state index is 0.326. The molecule has 4 aromatic carbocycles. The van der Waals surface area contributed by atoms with Crippen LogP contribution in [-0.4, -0.2) is 19.7 Å². The van der Waals surface area contributed by atoms with E-state index in [1.165, 1.54) is 24.4 Å². The molecular weight excluding hydrogens is 740 g/mol. The van der Waals surface area contributed by atoms with Crippen molar-refractivity contribution in [1.29, 1.82) is 0 Å². The van der Waals surface area contributed by atoms with E-state index in [1.807, 2.05) is 0 Å². The first-order valence-corrected chi connectivity index (χ1v) is 18.8. The van der Waals surface area contributed by atoms with Gasteiger partial charge in [-0.05, 0) is 70.8 Å². The molecule has 1 heterocycles. The van der Waals surface area contributed by atoms with Crippen LogP contribution in [0.3, 0.4) is 0 Å². The Labute approximate surface area is 301 Å². The maximum absolute atomic E-state index is 15.5. The smallest absolute Gasteiger partial charge is 0.366 e. The van der Waals surface area contributed by atoms with Gasteiger partial charge in [0.25, 0.3) is 5.08 Å². The fraction of sp³-hybridized carbons (Fsp3) is 0.182. The van der Waals surface area contributed by atoms with Gasteiger partial charge in [-0.2, -0.15) is 0 Å². The Morgan fingerprint density at radius 3 is 1.44 bits per heavy atom. The predicted molar refractivity (Wildman–Crippen MR) is 187 cm³/mol. The summed E-state index contributed by atoms with van der Waals surface area (Å²) < 4.78 is 73.9. The first-order chi connectivity index (χ1) is 23.7. The molecule has 252 valence electrons. The lowest BCUT2D eigenvalue weighted by Crippen LogP contribution is -2.37. The van der Waals surface area contributed by atoms with Crippen LogP contribution in [0.25, 0.3) is 0 Å². The number of hydrogen-bond acceptors (Lipinski definition) is 8. The van der Waals surface area contributed by atoms with Gasteiger partial charge in [0.15, 0.2) is 0 Å². The molecule has 0 spiro atoms. The third kappa shape index (κ3) is 9.39. The molecule has 0 saturated heterocycles. The van der Waals surface area contributed by atoms with Crippen molar-refractivity contribution >= 4 is 61.6 Å². The average Bonchev–Trinajstić information content (AvgIpc) is 3.65. The van der Waals surface area contributed by atoms with Crippen molar-refractivity contribution in [3.63, 3.8) is 0 Å². The fourth-order valence-electron chi connectivity index (χ4n) is 4.30. The zero-order valence-corrected chi connectivity index (χ0v) is 29.8. The van der Waals surface area contributed by atoms with Crippen molar-refractivity contribution in [2.24, 2.45) is 0 Å². The number of nitrogens with zero attached hydrogens (tertiary/aromatic N) is 2. The summed E-state index contributed by atoms with van der Waals surface area (Å²) in [4.78, 5) is 3.89. The van der Waals surface area contributed by atoms with E-state index in [9.17, 15) is 7.85 Å². The second-order valence-corrected chi connectivity index (χ2v) is 16.7. The molecule has 0 amide bonds. The normalized spacial score (nSPS) is 15.3. The molecule has 2 atom stereocenters. The third-order valence-electron chi connectivity index (χ3n) is 6.73. The van der Waals surface area contributed by atoms with Crippen LogP contribution in [0.15, 0.2) is 116 Å². The van der Waals surface area contributed by atoms with Crippen molar-refractivity contribution in [2.75, 3.05) is 0 Å². The van der Waals surface area contributed by atoms with Gasteiger partial charge in [-0.1, -0.05) is 94.9 Å². The lowest BCUT2D eigenvalue weighted by Gasteiger charge is -2.39. The van der Waals surface area contributed by atoms with Crippen LogP contribution in [0.4, 0.5) is 0 Å². The van der Waals surface area contributed by atoms with Crippen molar-refractivity contribution < 1.29 is 35.1 Å². The minimum atomic E-state index is -5.46. The van der Waals surface area contributed by atoms with Gasteiger partial charge in [0.1, 0.15) is 0 Å². The molecule has 5 rings (SSSR count). The Balaban J connectivity index is 1.68. The van der Waals surface area contributed by atoms with Gasteiger partial charge >= 0.3 is 15.2 Å². The first-order valence-electron chi connectivity index (χ1n) is 15.2. The Bertz CT molecular complexity index is 1950. The van der Waals surface area contributed by atoms with Gasteiger partial charge in [0.2, 0.25) is 0 Å². The van der Waals surface area contributed by atoms with Crippen molar-refractivity contribution in [3.05, 3.63) is 158 Å². The van der Waals surface area contributed by atoms with Gasteiger partial charge in [-0.25, -0.2) is 4.98 Å². The standard InChI is InChI=1S/C33H30Cl4N2O7P2/c34-29-12-10-25(11-13-29)19-43-47(41,44-20-26-4-1-7-30(35)16-26)33(40,23-39-15-14-38-24-39)48(42,45-21-27-5-2-8-31(36)17-27)46-22-28-6-3-9-32(37)18-28/h1-18,24,40H,19-23H2/i23D2. The fourth-order valence-corrected chi connectivity index (χ4v) is 9.58. The Morgan fingerprint density at radius 1 is 0.646 bits per heavy atom. The number of hydrogen-bond donors (Lipinski definition) is 1. The number of aromatic nitrogens is 2. The maximum Gasteiger partial charge on any atom is 0.377 e. The first kappa shape index (κ1) is 34.0. The molecule has 2 unspecified atom stereocenters. The summed E-state index contributed by atoms with van der Waals surface area (Å²) in [6.45, 7) is -5.38. The second-order valence-electron chi connectivity index (χ2n) is 10.3. The lowest BCUT2D eigenvalue weighted by molar-refractivity contribution is 0.0595. The summed E-state index contributed by atoms with van der Waals surface area (Å²) in [5.41, 5.74) is 1.56. The molecule has 0 aliphatic rings. The van der Waals surface area contributed by atoms with Crippen LogP contribution in [0, 0.1) is 0 Å². The monoisotopic (exact) mass is 770 g/mol. The Hall–Kier alpha value is -2.49. The predicted octanol–water partition coefficient (Wildman–Crippen LogP) is 10.4. The van der Waals surface area contributed by atoms with E-state index in [4.69, 9.17) is 64.5 Å². The summed E-state index contributed by atoms with van der Waals surface area (Å²) in [7, 11) is -10.9. The van der Waals surface area contributed by atoms with E-state index in [0.29, 0.717) is 42.3 Å². The van der Waals surface area contributed by atoms with E-state index in [1.54, 1.807) is 78.9 Å². The van der Waals surface area contributed by atoms with Crippen LogP contribution in [0.2, 0.25) is 20.1 Å². The molecule has 1 aromatic heterocycles. The quantitative estimate of drug-likeness (QED) is 0.0988. The molecule has 48 heavy (non-hydrogen) atoms. The molecule has 0 saturated carbocycles. The Morgan fingerprint density at radius 2 is 1.06 bits per heavy atom. The van der Waals surface area contributed by atoms with E-state index >= 15 is 9.13 Å². The van der Waals surface area contributed by atoms with Gasteiger partial charge in [0, 0.05) is 32.5 Å². The molecule has 0 radical (unpaired) electrons. The summed E-state index contributed by atoms with van der Waals surface area (Å²) in [5, 5.41) is 10.6. The number of rotatable bonds is 16. The number of imidazole rings is 1. The third-order valence-corrected chi connectivity index (χ3v) is 12.8. The highest BCUT2D eigenvalue weighted by Crippen LogP contribution is 2.78. The summed E-state index contributed by atoms with van der Waals surface area (Å²) in [5.74, 6) is 0. The topological polar surface area (TPSA) is 109 Å². The van der Waals surface area contributed by atoms with Gasteiger partial charge < -0.3 is 27.8 Å². The molecule has 0 aliphatic carbocycles. The number of benzene rings is 4. The summed E-state index contributed by atoms with van der Waals surface area (Å²) in [6.07, 6.45) is 3.36. The highest BCUT2D eigenvalue weighted by atomic mass is 35.5.